The lowest BCUT2D eigenvalue weighted by atomic mass is 10.1. The van der Waals surface area contributed by atoms with Gasteiger partial charge in [0.05, 0.1) is 11.4 Å². The van der Waals surface area contributed by atoms with Crippen LogP contribution in [0.2, 0.25) is 0 Å². The normalized spacial score (nSPS) is 10.7. The number of benzene rings is 1. The molecule has 2 aromatic rings. The van der Waals surface area contributed by atoms with E-state index in [1.807, 2.05) is 30.9 Å². The molecule has 1 heterocycles. The Morgan fingerprint density at radius 1 is 1.38 bits per heavy atom. The molecule has 1 aromatic carbocycles. The fraction of sp³-hybridized carbons (Fsp3) is 0.250. The molecule has 0 spiro atoms. The minimum atomic E-state index is 0.831. The summed E-state index contributed by atoms with van der Waals surface area (Å²) < 4.78 is 2.98. The molecule has 3 nitrogen and oxygen atoms in total. The first-order chi connectivity index (χ1) is 7.70. The largest absolute Gasteiger partial charge is 0.314 e. The quantitative estimate of drug-likeness (QED) is 0.936. The van der Waals surface area contributed by atoms with Crippen molar-refractivity contribution in [2.75, 3.05) is 7.05 Å². The summed E-state index contributed by atoms with van der Waals surface area (Å²) in [7, 11) is 3.90. The van der Waals surface area contributed by atoms with Crippen molar-refractivity contribution in [1.29, 1.82) is 0 Å². The lowest BCUT2D eigenvalue weighted by Gasteiger charge is -1.97. The molecule has 0 unspecified atom stereocenters. The number of aryl methyl sites for hydroxylation is 1. The topological polar surface area (TPSA) is 29.9 Å². The molecule has 2 rings (SSSR count). The van der Waals surface area contributed by atoms with Crippen LogP contribution >= 0.6 is 15.9 Å². The molecule has 1 N–H and O–H groups in total. The second kappa shape index (κ2) is 4.80. The van der Waals surface area contributed by atoms with E-state index in [0.717, 1.165) is 22.3 Å². The fourth-order valence-electron chi connectivity index (χ4n) is 1.64. The van der Waals surface area contributed by atoms with E-state index in [4.69, 9.17) is 0 Å². The van der Waals surface area contributed by atoms with Crippen molar-refractivity contribution in [3.8, 4) is 11.3 Å². The summed E-state index contributed by atoms with van der Waals surface area (Å²) in [5.41, 5.74) is 3.32. The Balaban J connectivity index is 2.37. The number of hydrogen-bond acceptors (Lipinski definition) is 2. The van der Waals surface area contributed by atoms with Crippen LogP contribution in [0.15, 0.2) is 34.8 Å². The predicted molar refractivity (Wildman–Crippen MR) is 69.1 cm³/mol. The standard InChI is InChI=1S/C12H14BrN3/c1-14-8-11-7-12(15-16(11)2)9-4-3-5-10(13)6-9/h3-7,14H,8H2,1-2H3. The molecule has 0 aliphatic heterocycles. The molecule has 84 valence electrons. The highest BCUT2D eigenvalue weighted by Crippen LogP contribution is 2.22. The van der Waals surface area contributed by atoms with Crippen molar-refractivity contribution in [2.45, 2.75) is 6.54 Å². The van der Waals surface area contributed by atoms with E-state index in [1.54, 1.807) is 0 Å². The van der Waals surface area contributed by atoms with Crippen LogP contribution < -0.4 is 5.32 Å². The molecule has 0 aliphatic rings. The van der Waals surface area contributed by atoms with Crippen LogP contribution in [0.1, 0.15) is 5.69 Å². The monoisotopic (exact) mass is 279 g/mol. The Morgan fingerprint density at radius 2 is 2.19 bits per heavy atom. The van der Waals surface area contributed by atoms with Crippen LogP contribution in [0.4, 0.5) is 0 Å². The average Bonchev–Trinajstić information content (AvgIpc) is 2.61. The Kier molecular flexibility index (Phi) is 3.41. The van der Waals surface area contributed by atoms with Gasteiger partial charge in [-0.2, -0.15) is 5.10 Å². The number of aromatic nitrogens is 2. The first-order valence-corrected chi connectivity index (χ1v) is 5.93. The second-order valence-corrected chi connectivity index (χ2v) is 4.60. The fourth-order valence-corrected chi connectivity index (χ4v) is 2.04. The molecule has 0 atom stereocenters. The van der Waals surface area contributed by atoms with Gasteiger partial charge in [-0.1, -0.05) is 28.1 Å². The van der Waals surface area contributed by atoms with E-state index in [2.05, 4.69) is 44.5 Å². The highest BCUT2D eigenvalue weighted by Gasteiger charge is 2.06. The van der Waals surface area contributed by atoms with Crippen LogP contribution in [0.25, 0.3) is 11.3 Å². The number of halogens is 1. The van der Waals surface area contributed by atoms with Crippen molar-refractivity contribution < 1.29 is 0 Å². The van der Waals surface area contributed by atoms with Crippen molar-refractivity contribution in [3.63, 3.8) is 0 Å². The van der Waals surface area contributed by atoms with Gasteiger partial charge in [0.25, 0.3) is 0 Å². The molecule has 0 radical (unpaired) electrons. The van der Waals surface area contributed by atoms with Gasteiger partial charge in [0.15, 0.2) is 0 Å². The van der Waals surface area contributed by atoms with Gasteiger partial charge in [0.1, 0.15) is 0 Å². The zero-order chi connectivity index (χ0) is 11.5. The zero-order valence-electron chi connectivity index (χ0n) is 9.37. The maximum atomic E-state index is 4.50. The Hall–Kier alpha value is -1.13. The second-order valence-electron chi connectivity index (χ2n) is 3.69. The van der Waals surface area contributed by atoms with Gasteiger partial charge in [-0.3, -0.25) is 4.68 Å². The van der Waals surface area contributed by atoms with Crippen LogP contribution in [0, 0.1) is 0 Å². The van der Waals surface area contributed by atoms with Crippen molar-refractivity contribution in [1.82, 2.24) is 15.1 Å². The van der Waals surface area contributed by atoms with Crippen LogP contribution in [0.3, 0.4) is 0 Å². The maximum absolute atomic E-state index is 4.50. The van der Waals surface area contributed by atoms with Gasteiger partial charge in [-0.25, -0.2) is 0 Å². The lowest BCUT2D eigenvalue weighted by molar-refractivity contribution is 0.673. The minimum absolute atomic E-state index is 0.831. The lowest BCUT2D eigenvalue weighted by Crippen LogP contribution is -2.09. The molecule has 4 heteroatoms. The van der Waals surface area contributed by atoms with E-state index in [1.165, 1.54) is 5.69 Å². The molecular formula is C12H14BrN3. The van der Waals surface area contributed by atoms with Crippen LogP contribution in [0.5, 0.6) is 0 Å². The van der Waals surface area contributed by atoms with Crippen LogP contribution in [-0.4, -0.2) is 16.8 Å². The van der Waals surface area contributed by atoms with Gasteiger partial charge in [0, 0.05) is 23.6 Å². The minimum Gasteiger partial charge on any atom is -0.314 e. The first-order valence-electron chi connectivity index (χ1n) is 5.14. The number of rotatable bonds is 3. The number of nitrogens with zero attached hydrogens (tertiary/aromatic N) is 2. The first kappa shape index (κ1) is 11.4. The summed E-state index contributed by atoms with van der Waals surface area (Å²) in [5, 5.41) is 7.63. The molecule has 0 saturated carbocycles. The molecule has 1 aromatic heterocycles. The van der Waals surface area contributed by atoms with E-state index < -0.39 is 0 Å². The predicted octanol–water partition coefficient (Wildman–Crippen LogP) is 2.57. The van der Waals surface area contributed by atoms with E-state index >= 15 is 0 Å². The van der Waals surface area contributed by atoms with Gasteiger partial charge in [-0.15, -0.1) is 0 Å². The highest BCUT2D eigenvalue weighted by atomic mass is 79.9. The molecule has 0 fully saturated rings. The summed E-state index contributed by atoms with van der Waals surface area (Å²) in [4.78, 5) is 0. The average molecular weight is 280 g/mol. The molecular weight excluding hydrogens is 266 g/mol. The van der Waals surface area contributed by atoms with Gasteiger partial charge in [-0.05, 0) is 25.2 Å². The third-order valence-corrected chi connectivity index (χ3v) is 2.95. The van der Waals surface area contributed by atoms with E-state index in [-0.39, 0.29) is 0 Å². The SMILES string of the molecule is CNCc1cc(-c2cccc(Br)c2)nn1C. The Bertz CT molecular complexity index is 491. The number of nitrogens with one attached hydrogen (secondary N) is 1. The molecule has 0 aliphatic carbocycles. The van der Waals surface area contributed by atoms with Crippen molar-refractivity contribution >= 4 is 15.9 Å². The van der Waals surface area contributed by atoms with E-state index in [0.29, 0.717) is 0 Å². The summed E-state index contributed by atoms with van der Waals surface area (Å²) in [6.07, 6.45) is 0. The third-order valence-electron chi connectivity index (χ3n) is 2.46. The summed E-state index contributed by atoms with van der Waals surface area (Å²) in [6, 6.07) is 10.3. The highest BCUT2D eigenvalue weighted by molar-refractivity contribution is 9.10. The van der Waals surface area contributed by atoms with Crippen LogP contribution in [-0.2, 0) is 13.6 Å². The third kappa shape index (κ3) is 2.33. The molecule has 16 heavy (non-hydrogen) atoms. The molecule has 0 saturated heterocycles. The van der Waals surface area contributed by atoms with Gasteiger partial charge < -0.3 is 5.32 Å². The molecule has 0 bridgehead atoms. The Morgan fingerprint density at radius 3 is 2.88 bits per heavy atom. The maximum Gasteiger partial charge on any atom is 0.0926 e. The van der Waals surface area contributed by atoms with Gasteiger partial charge >= 0.3 is 0 Å². The summed E-state index contributed by atoms with van der Waals surface area (Å²) in [5.74, 6) is 0. The number of hydrogen-bond donors (Lipinski definition) is 1. The van der Waals surface area contributed by atoms with Crippen molar-refractivity contribution in [2.24, 2.45) is 7.05 Å². The Labute approximate surface area is 104 Å². The van der Waals surface area contributed by atoms with Gasteiger partial charge in [0.2, 0.25) is 0 Å². The zero-order valence-corrected chi connectivity index (χ0v) is 11.0. The summed E-state index contributed by atoms with van der Waals surface area (Å²) >= 11 is 3.47. The summed E-state index contributed by atoms with van der Waals surface area (Å²) in [6.45, 7) is 0.831. The van der Waals surface area contributed by atoms with E-state index in [9.17, 15) is 0 Å². The van der Waals surface area contributed by atoms with Crippen molar-refractivity contribution in [3.05, 3.63) is 40.5 Å². The molecule has 0 amide bonds. The smallest absolute Gasteiger partial charge is 0.0926 e.